The van der Waals surface area contributed by atoms with Crippen LogP contribution < -0.4 is 5.32 Å². The number of halogens is 1. The average Bonchev–Trinajstić information content (AvgIpc) is 2.44. The normalized spacial score (nSPS) is 12.2. The van der Waals surface area contributed by atoms with Gasteiger partial charge in [0.05, 0.1) is 0 Å². The number of nitrogens with one attached hydrogen (secondary N) is 1. The van der Waals surface area contributed by atoms with Gasteiger partial charge < -0.3 is 5.32 Å². The molecule has 20 heavy (non-hydrogen) atoms. The molecule has 0 aliphatic carbocycles. The molecule has 0 fully saturated rings. The van der Waals surface area contributed by atoms with Gasteiger partial charge in [0.25, 0.3) is 0 Å². The highest BCUT2D eigenvalue weighted by Gasteiger charge is 2.09. The largest absolute Gasteiger partial charge is 0.382 e. The third-order valence-corrected chi connectivity index (χ3v) is 3.42. The van der Waals surface area contributed by atoms with Gasteiger partial charge in [0, 0.05) is 11.7 Å². The van der Waals surface area contributed by atoms with E-state index in [2.05, 4.69) is 37.4 Å². The molecule has 0 saturated carbocycles. The van der Waals surface area contributed by atoms with E-state index in [0.29, 0.717) is 6.42 Å². The van der Waals surface area contributed by atoms with Crippen LogP contribution in [0.2, 0.25) is 0 Å². The molecule has 0 amide bonds. The minimum atomic E-state index is -0.122. The molecule has 2 rings (SSSR count). The van der Waals surface area contributed by atoms with Gasteiger partial charge in [0.15, 0.2) is 0 Å². The molecule has 0 spiro atoms. The SMILES string of the molecule is CCCc1ccccc1NC(C)Cc1ccccc1F. The van der Waals surface area contributed by atoms with E-state index in [0.717, 1.165) is 24.1 Å². The maximum atomic E-state index is 13.7. The lowest BCUT2D eigenvalue weighted by atomic mass is 10.0. The summed E-state index contributed by atoms with van der Waals surface area (Å²) in [6.07, 6.45) is 2.88. The highest BCUT2D eigenvalue weighted by molar-refractivity contribution is 5.52. The lowest BCUT2D eigenvalue weighted by Gasteiger charge is -2.18. The Kier molecular flexibility index (Phi) is 5.16. The zero-order valence-electron chi connectivity index (χ0n) is 12.2. The molecule has 1 atom stereocenters. The molecule has 2 aromatic rings. The molecule has 0 aliphatic rings. The summed E-state index contributed by atoms with van der Waals surface area (Å²) in [5.74, 6) is -0.122. The first-order valence-electron chi connectivity index (χ1n) is 7.28. The predicted octanol–water partition coefficient (Wildman–Crippen LogP) is 4.82. The third kappa shape index (κ3) is 3.83. The molecule has 106 valence electrons. The van der Waals surface area contributed by atoms with Crippen LogP contribution in [0.4, 0.5) is 10.1 Å². The molecule has 0 bridgehead atoms. The minimum Gasteiger partial charge on any atom is -0.382 e. The Morgan fingerprint density at radius 1 is 1.00 bits per heavy atom. The second-order valence-electron chi connectivity index (χ2n) is 5.25. The summed E-state index contributed by atoms with van der Waals surface area (Å²) >= 11 is 0. The number of para-hydroxylation sites is 1. The fourth-order valence-corrected chi connectivity index (χ4v) is 2.46. The second kappa shape index (κ2) is 7.09. The van der Waals surface area contributed by atoms with E-state index in [1.54, 1.807) is 6.07 Å². The zero-order chi connectivity index (χ0) is 14.4. The molecule has 1 nitrogen and oxygen atoms in total. The highest BCUT2D eigenvalue weighted by atomic mass is 19.1. The van der Waals surface area contributed by atoms with E-state index >= 15 is 0 Å². The van der Waals surface area contributed by atoms with E-state index in [1.807, 2.05) is 18.2 Å². The summed E-state index contributed by atoms with van der Waals surface area (Å²) in [6.45, 7) is 4.27. The van der Waals surface area contributed by atoms with E-state index in [1.165, 1.54) is 11.6 Å². The van der Waals surface area contributed by atoms with Gasteiger partial charge >= 0.3 is 0 Å². The lowest BCUT2D eigenvalue weighted by molar-refractivity contribution is 0.601. The van der Waals surface area contributed by atoms with Gasteiger partial charge in [-0.2, -0.15) is 0 Å². The molecule has 0 aromatic heterocycles. The molecule has 0 aliphatic heterocycles. The molecular weight excluding hydrogens is 249 g/mol. The fourth-order valence-electron chi connectivity index (χ4n) is 2.46. The Labute approximate surface area is 120 Å². The summed E-state index contributed by atoms with van der Waals surface area (Å²) in [5.41, 5.74) is 3.26. The maximum absolute atomic E-state index is 13.7. The maximum Gasteiger partial charge on any atom is 0.126 e. The van der Waals surface area contributed by atoms with Gasteiger partial charge in [0.1, 0.15) is 5.82 Å². The summed E-state index contributed by atoms with van der Waals surface area (Å²) in [4.78, 5) is 0. The van der Waals surface area contributed by atoms with Crippen molar-refractivity contribution in [3.05, 3.63) is 65.5 Å². The molecule has 2 aromatic carbocycles. The second-order valence-corrected chi connectivity index (χ2v) is 5.25. The number of aryl methyl sites for hydroxylation is 1. The van der Waals surface area contributed by atoms with Crippen molar-refractivity contribution in [2.24, 2.45) is 0 Å². The van der Waals surface area contributed by atoms with Gasteiger partial charge in [-0.1, -0.05) is 49.7 Å². The van der Waals surface area contributed by atoms with E-state index in [4.69, 9.17) is 0 Å². The molecule has 1 N–H and O–H groups in total. The number of anilines is 1. The Hall–Kier alpha value is -1.83. The van der Waals surface area contributed by atoms with Crippen molar-refractivity contribution < 1.29 is 4.39 Å². The summed E-state index contributed by atoms with van der Waals surface area (Å²) in [5, 5.41) is 3.50. The van der Waals surface area contributed by atoms with Crippen LogP contribution in [0.5, 0.6) is 0 Å². The molecule has 0 saturated heterocycles. The van der Waals surface area contributed by atoms with Crippen molar-refractivity contribution in [2.75, 3.05) is 5.32 Å². The number of hydrogen-bond donors (Lipinski definition) is 1. The zero-order valence-corrected chi connectivity index (χ0v) is 12.2. The smallest absolute Gasteiger partial charge is 0.126 e. The summed E-state index contributed by atoms with van der Waals surface area (Å²) in [6, 6.07) is 15.5. The standard InChI is InChI=1S/C18H22FN/c1-3-8-15-9-5-7-12-18(15)20-14(2)13-16-10-4-6-11-17(16)19/h4-7,9-12,14,20H,3,8,13H2,1-2H3. The Balaban J connectivity index is 2.05. The van der Waals surface area contributed by atoms with Crippen molar-refractivity contribution in [1.82, 2.24) is 0 Å². The van der Waals surface area contributed by atoms with E-state index < -0.39 is 0 Å². The molecule has 0 heterocycles. The fraction of sp³-hybridized carbons (Fsp3) is 0.333. The van der Waals surface area contributed by atoms with Gasteiger partial charge in [0.2, 0.25) is 0 Å². The van der Waals surface area contributed by atoms with Gasteiger partial charge in [-0.25, -0.2) is 4.39 Å². The van der Waals surface area contributed by atoms with Crippen LogP contribution >= 0.6 is 0 Å². The lowest BCUT2D eigenvalue weighted by Crippen LogP contribution is -2.19. The van der Waals surface area contributed by atoms with Crippen molar-refractivity contribution in [3.8, 4) is 0 Å². The highest BCUT2D eigenvalue weighted by Crippen LogP contribution is 2.19. The first kappa shape index (κ1) is 14.6. The topological polar surface area (TPSA) is 12.0 Å². The Morgan fingerprint density at radius 2 is 1.65 bits per heavy atom. The van der Waals surface area contributed by atoms with Crippen LogP contribution in [0.25, 0.3) is 0 Å². The first-order chi connectivity index (χ1) is 9.70. The molecule has 0 radical (unpaired) electrons. The van der Waals surface area contributed by atoms with E-state index in [-0.39, 0.29) is 11.9 Å². The molecular formula is C18H22FN. The van der Waals surface area contributed by atoms with Gasteiger partial charge in [-0.3, -0.25) is 0 Å². The number of rotatable bonds is 6. The van der Waals surface area contributed by atoms with Crippen LogP contribution in [-0.4, -0.2) is 6.04 Å². The number of benzene rings is 2. The summed E-state index contributed by atoms with van der Waals surface area (Å²) in [7, 11) is 0. The van der Waals surface area contributed by atoms with E-state index in [9.17, 15) is 4.39 Å². The van der Waals surface area contributed by atoms with Crippen LogP contribution in [0.3, 0.4) is 0 Å². The van der Waals surface area contributed by atoms with Gasteiger partial charge in [-0.05, 0) is 43.0 Å². The monoisotopic (exact) mass is 271 g/mol. The van der Waals surface area contributed by atoms with Crippen LogP contribution in [0.1, 0.15) is 31.4 Å². The van der Waals surface area contributed by atoms with Crippen molar-refractivity contribution in [3.63, 3.8) is 0 Å². The average molecular weight is 271 g/mol. The van der Waals surface area contributed by atoms with Crippen LogP contribution in [0, 0.1) is 5.82 Å². The van der Waals surface area contributed by atoms with Crippen molar-refractivity contribution in [1.29, 1.82) is 0 Å². The van der Waals surface area contributed by atoms with Crippen molar-refractivity contribution >= 4 is 5.69 Å². The van der Waals surface area contributed by atoms with Crippen LogP contribution in [-0.2, 0) is 12.8 Å². The third-order valence-electron chi connectivity index (χ3n) is 3.42. The van der Waals surface area contributed by atoms with Crippen molar-refractivity contribution in [2.45, 2.75) is 39.2 Å². The predicted molar refractivity (Wildman–Crippen MR) is 83.6 cm³/mol. The number of hydrogen-bond acceptors (Lipinski definition) is 1. The molecule has 1 unspecified atom stereocenters. The minimum absolute atomic E-state index is 0.122. The Morgan fingerprint density at radius 3 is 2.35 bits per heavy atom. The quantitative estimate of drug-likeness (QED) is 0.794. The molecule has 2 heteroatoms. The van der Waals surface area contributed by atoms with Gasteiger partial charge in [-0.15, -0.1) is 0 Å². The summed E-state index contributed by atoms with van der Waals surface area (Å²) < 4.78 is 13.7. The van der Waals surface area contributed by atoms with Crippen LogP contribution in [0.15, 0.2) is 48.5 Å². The first-order valence-corrected chi connectivity index (χ1v) is 7.28. The Bertz CT molecular complexity index is 551.